The number of rotatable bonds is 7. The van der Waals surface area contributed by atoms with Gasteiger partial charge in [-0.1, -0.05) is 238 Å². The van der Waals surface area contributed by atoms with E-state index < -0.39 is 0 Å². The third-order valence-electron chi connectivity index (χ3n) is 36.7. The van der Waals surface area contributed by atoms with Gasteiger partial charge in [-0.2, -0.15) is 0 Å². The third kappa shape index (κ3) is 16.8. The Morgan fingerprint density at radius 1 is 0.214 bits per heavy atom. The molecular formula is C98H178. The van der Waals surface area contributed by atoms with Gasteiger partial charge in [0.25, 0.3) is 0 Å². The van der Waals surface area contributed by atoms with E-state index in [2.05, 4.69) is 187 Å². The van der Waals surface area contributed by atoms with Gasteiger partial charge in [0.15, 0.2) is 0 Å². The van der Waals surface area contributed by atoms with Crippen molar-refractivity contribution in [1.29, 1.82) is 0 Å². The van der Waals surface area contributed by atoms with Crippen LogP contribution >= 0.6 is 0 Å². The van der Waals surface area contributed by atoms with Crippen molar-refractivity contribution in [2.45, 2.75) is 457 Å². The summed E-state index contributed by atoms with van der Waals surface area (Å²) in [5.74, 6) is 12.4. The molecule has 0 nitrogen and oxygen atoms in total. The lowest BCUT2D eigenvalue weighted by Crippen LogP contribution is -2.56. The van der Waals surface area contributed by atoms with Gasteiger partial charge in [-0.15, -0.1) is 0 Å². The fourth-order valence-electron chi connectivity index (χ4n) is 34.9. The van der Waals surface area contributed by atoms with Crippen LogP contribution in [0.25, 0.3) is 0 Å². The van der Waals surface area contributed by atoms with Crippen LogP contribution in [0.3, 0.4) is 0 Å². The van der Waals surface area contributed by atoms with Crippen molar-refractivity contribution in [1.82, 2.24) is 0 Å². The van der Waals surface area contributed by atoms with Crippen molar-refractivity contribution in [3.8, 4) is 0 Å². The summed E-state index contributed by atoms with van der Waals surface area (Å²) in [6.45, 7) is 67.4. The largest absolute Gasteiger partial charge is 0.0625 e. The van der Waals surface area contributed by atoms with Crippen LogP contribution < -0.4 is 0 Å². The zero-order valence-electron chi connectivity index (χ0n) is 72.2. The second kappa shape index (κ2) is 28.5. The molecule has 18 fully saturated rings. The molecule has 0 aliphatic heterocycles. The molecule has 18 rings (SSSR count). The average Bonchev–Trinajstić information content (AvgIpc) is 1.45. The highest BCUT2D eigenvalue weighted by Gasteiger charge is 2.67. The van der Waals surface area contributed by atoms with Gasteiger partial charge in [0.1, 0.15) is 0 Å². The summed E-state index contributed by atoms with van der Waals surface area (Å²) in [5, 5.41) is 0. The molecule has 18 aliphatic carbocycles. The molecule has 0 amide bonds. The first kappa shape index (κ1) is 80.5. The predicted molar refractivity (Wildman–Crippen MR) is 431 cm³/mol. The lowest BCUT2D eigenvalue weighted by Gasteiger charge is -2.67. The van der Waals surface area contributed by atoms with Crippen LogP contribution in [0.5, 0.6) is 0 Å². The molecule has 18 aliphatic rings. The maximum absolute atomic E-state index is 2.58. The number of hydrogen-bond acceptors (Lipinski definition) is 0. The van der Waals surface area contributed by atoms with E-state index in [1.807, 2.05) is 0 Å². The summed E-state index contributed by atoms with van der Waals surface area (Å²) >= 11 is 0. The topological polar surface area (TPSA) is 0 Å². The van der Waals surface area contributed by atoms with E-state index in [0.29, 0.717) is 54.1 Å². The molecule has 18 bridgehead atoms. The molecule has 8 unspecified atom stereocenters. The van der Waals surface area contributed by atoms with E-state index >= 15 is 0 Å². The van der Waals surface area contributed by atoms with Gasteiger partial charge >= 0.3 is 0 Å². The molecule has 0 aromatic heterocycles. The molecule has 8 atom stereocenters. The first-order valence-corrected chi connectivity index (χ1v) is 45.1. The van der Waals surface area contributed by atoms with Gasteiger partial charge in [-0.05, 0) is 382 Å². The summed E-state index contributed by atoms with van der Waals surface area (Å²) < 4.78 is 0. The fourth-order valence-corrected chi connectivity index (χ4v) is 34.9. The summed E-state index contributed by atoms with van der Waals surface area (Å²) in [4.78, 5) is 0. The van der Waals surface area contributed by atoms with Crippen LogP contribution in [-0.2, 0) is 0 Å². The van der Waals surface area contributed by atoms with Gasteiger partial charge in [0.2, 0.25) is 0 Å². The molecule has 18 saturated carbocycles. The van der Waals surface area contributed by atoms with Crippen molar-refractivity contribution < 1.29 is 0 Å². The minimum atomic E-state index is 0.680. The maximum atomic E-state index is 2.58. The van der Waals surface area contributed by atoms with E-state index in [1.54, 1.807) is 19.3 Å². The molecule has 0 radical (unpaired) electrons. The van der Waals surface area contributed by atoms with Crippen LogP contribution in [-0.4, -0.2) is 0 Å². The highest BCUT2D eigenvalue weighted by Crippen LogP contribution is 2.77. The monoisotopic (exact) mass is 1360 g/mol. The second-order valence-corrected chi connectivity index (χ2v) is 49.6. The molecule has 0 aromatic carbocycles. The quantitative estimate of drug-likeness (QED) is 0.238. The summed E-state index contributed by atoms with van der Waals surface area (Å²) in [6.07, 6.45) is 63.2. The molecule has 570 valence electrons. The van der Waals surface area contributed by atoms with E-state index in [9.17, 15) is 0 Å². The first-order valence-electron chi connectivity index (χ1n) is 45.1. The summed E-state index contributed by atoms with van der Waals surface area (Å²) in [7, 11) is 0. The number of hydrogen-bond donors (Lipinski definition) is 0. The van der Waals surface area contributed by atoms with Gasteiger partial charge in [-0.25, -0.2) is 0 Å². The van der Waals surface area contributed by atoms with Crippen LogP contribution in [0.1, 0.15) is 457 Å². The van der Waals surface area contributed by atoms with Crippen LogP contribution in [0, 0.1) is 164 Å². The van der Waals surface area contributed by atoms with Crippen molar-refractivity contribution in [2.24, 2.45) is 164 Å². The van der Waals surface area contributed by atoms with E-state index in [1.165, 1.54) is 250 Å². The highest BCUT2D eigenvalue weighted by molar-refractivity contribution is 5.17. The molecule has 0 heteroatoms. The Bertz CT molecular complexity index is 2370. The fraction of sp³-hybridized carbons (Fsp3) is 1.00. The molecule has 0 N–H and O–H groups in total. The van der Waals surface area contributed by atoms with E-state index in [-0.39, 0.29) is 0 Å². The van der Waals surface area contributed by atoms with Crippen molar-refractivity contribution >= 4 is 0 Å². The standard InChI is InChI=1S/C15H26.C14H24.4C14H26.C13H24/c1-11(2)15-7-12-5-13(3,9-15)8-14(4,6-12)10-15;1-10(2)14-8-12(3)5-11(14)6-13(4,7-12)9-14;2*1-11(2)12-13(3)7-5-9-14(12,4)10-6-8-13;2*1-11(2)12-8-13(3)6-5-7-14(4,9-12)10-13;1-11(2)13-8-4-6-12(3,10-13)7-5-9-13/h11-12H,5-10H2,1-4H3;10-11H,5-9H2,1-4H3;4*11-12H,5-10H2,1-4H3;11H,4-10H2,1-3H3. The van der Waals surface area contributed by atoms with Crippen LogP contribution in [0.15, 0.2) is 0 Å². The molecule has 0 heterocycles. The van der Waals surface area contributed by atoms with Crippen LogP contribution in [0.2, 0.25) is 0 Å². The minimum absolute atomic E-state index is 0.680. The normalized spacial score (nSPS) is 51.0. The van der Waals surface area contributed by atoms with Crippen molar-refractivity contribution in [3.05, 3.63) is 0 Å². The Balaban J connectivity index is 0.000000124. The van der Waals surface area contributed by atoms with Crippen molar-refractivity contribution in [2.75, 3.05) is 0 Å². The molecule has 98 heavy (non-hydrogen) atoms. The Morgan fingerprint density at radius 2 is 0.480 bits per heavy atom. The van der Waals surface area contributed by atoms with E-state index in [4.69, 9.17) is 0 Å². The van der Waals surface area contributed by atoms with E-state index in [0.717, 1.165) is 109 Å². The zero-order valence-corrected chi connectivity index (χ0v) is 72.2. The lowest BCUT2D eigenvalue weighted by molar-refractivity contribution is -0.162. The van der Waals surface area contributed by atoms with Gasteiger partial charge in [-0.3, -0.25) is 0 Å². The predicted octanol–water partition coefficient (Wildman–Crippen LogP) is 31.8. The SMILES string of the molecule is CC(C)C12CC3(C)CC1CC(C)(C3)C2.CC(C)C12CC3CC(C)(CC(C)(C3)C1)C2.CC(C)C12CCCC(C)(CCC1)C2.CC(C)C1C2(C)CCCC1(C)CCC2.CC(C)C1C2(C)CCCC1(C)CCC2.CC(C)C1CC2(C)CCCC(C)(C1)C2.CC(C)C1CC2(C)CCCC(C)(C1)C2. The Labute approximate surface area is 616 Å². The third-order valence-corrected chi connectivity index (χ3v) is 36.7. The zero-order chi connectivity index (χ0) is 72.2. The van der Waals surface area contributed by atoms with Gasteiger partial charge in [0, 0.05) is 0 Å². The second-order valence-electron chi connectivity index (χ2n) is 49.6. The van der Waals surface area contributed by atoms with Gasteiger partial charge < -0.3 is 0 Å². The Hall–Kier alpha value is 0. The molecular weight excluding hydrogens is 1180 g/mol. The lowest BCUT2D eigenvalue weighted by atomic mass is 9.38. The Kier molecular flexibility index (Phi) is 23.5. The molecule has 0 saturated heterocycles. The molecule has 0 spiro atoms. The van der Waals surface area contributed by atoms with Crippen LogP contribution in [0.4, 0.5) is 0 Å². The number of fused-ring (bicyclic) bond motifs is 10. The average molecular weight is 1360 g/mol. The maximum Gasteiger partial charge on any atom is -0.0235 e. The summed E-state index contributed by atoms with van der Waals surface area (Å²) in [5.41, 5.74) is 11.3. The summed E-state index contributed by atoms with van der Waals surface area (Å²) in [6, 6.07) is 0. The molecule has 0 aromatic rings. The first-order chi connectivity index (χ1) is 45.1. The van der Waals surface area contributed by atoms with Gasteiger partial charge in [0.05, 0.1) is 0 Å². The Morgan fingerprint density at radius 3 is 0.724 bits per heavy atom. The minimum Gasteiger partial charge on any atom is -0.0625 e. The highest BCUT2D eigenvalue weighted by atomic mass is 14.7. The smallest absolute Gasteiger partial charge is 0.0235 e. The van der Waals surface area contributed by atoms with Crippen molar-refractivity contribution in [3.63, 3.8) is 0 Å².